The van der Waals surface area contributed by atoms with Crippen LogP contribution in [0.25, 0.3) is 0 Å². The smallest absolute Gasteiger partial charge is 0.238 e. The van der Waals surface area contributed by atoms with Crippen LogP contribution in [0, 0.1) is 0 Å². The zero-order valence-corrected chi connectivity index (χ0v) is 12.1. The average molecular weight is 263 g/mol. The van der Waals surface area contributed by atoms with E-state index in [2.05, 4.69) is 31.3 Å². The van der Waals surface area contributed by atoms with E-state index >= 15 is 0 Å². The van der Waals surface area contributed by atoms with Gasteiger partial charge in [-0.15, -0.1) is 0 Å². The van der Waals surface area contributed by atoms with Crippen LogP contribution in [0.5, 0.6) is 0 Å². The fourth-order valence-corrected chi connectivity index (χ4v) is 1.84. The van der Waals surface area contributed by atoms with Gasteiger partial charge in [0.2, 0.25) is 5.91 Å². The van der Waals surface area contributed by atoms with Crippen LogP contribution in [-0.4, -0.2) is 37.5 Å². The molecule has 0 radical (unpaired) electrons. The molecule has 4 nitrogen and oxygen atoms in total. The number of nitrogens with two attached hydrogens (primary N) is 1. The van der Waals surface area contributed by atoms with Crippen LogP contribution in [0.15, 0.2) is 24.3 Å². The molecule has 3 N–H and O–H groups in total. The Morgan fingerprint density at radius 3 is 2.47 bits per heavy atom. The van der Waals surface area contributed by atoms with Gasteiger partial charge in [-0.05, 0) is 50.2 Å². The predicted octanol–water partition coefficient (Wildman–Crippen LogP) is 2.03. The lowest BCUT2D eigenvalue weighted by Crippen LogP contribution is -2.31. The summed E-state index contributed by atoms with van der Waals surface area (Å²) in [5, 5.41) is 2.90. The average Bonchev–Trinajstić information content (AvgIpc) is 2.36. The molecule has 0 unspecified atom stereocenters. The van der Waals surface area contributed by atoms with Crippen molar-refractivity contribution in [2.24, 2.45) is 5.73 Å². The normalized spacial score (nSPS) is 11.1. The second-order valence-corrected chi connectivity index (χ2v) is 5.20. The molecule has 0 aliphatic carbocycles. The summed E-state index contributed by atoms with van der Waals surface area (Å²) in [6.45, 7) is 6.20. The third-order valence-electron chi connectivity index (χ3n) is 3.02. The molecule has 0 aliphatic rings. The molecule has 0 saturated carbocycles. The van der Waals surface area contributed by atoms with E-state index in [1.165, 1.54) is 5.56 Å². The van der Waals surface area contributed by atoms with Crippen molar-refractivity contribution in [3.05, 3.63) is 29.8 Å². The van der Waals surface area contributed by atoms with Crippen molar-refractivity contribution in [2.75, 3.05) is 32.0 Å². The maximum atomic E-state index is 11.8. The Kier molecular flexibility index (Phi) is 6.53. The van der Waals surface area contributed by atoms with Crippen LogP contribution in [-0.2, 0) is 4.79 Å². The highest BCUT2D eigenvalue weighted by Crippen LogP contribution is 2.16. The molecule has 19 heavy (non-hydrogen) atoms. The molecule has 0 spiro atoms. The summed E-state index contributed by atoms with van der Waals surface area (Å²) in [4.78, 5) is 13.8. The molecule has 4 heteroatoms. The molecule has 0 saturated heterocycles. The van der Waals surface area contributed by atoms with E-state index < -0.39 is 0 Å². The highest BCUT2D eigenvalue weighted by atomic mass is 16.2. The summed E-state index contributed by atoms with van der Waals surface area (Å²) >= 11 is 0. The molecule has 106 valence electrons. The number of nitrogens with one attached hydrogen (secondary N) is 1. The Balaban J connectivity index is 2.43. The van der Waals surface area contributed by atoms with E-state index in [0.29, 0.717) is 19.0 Å². The summed E-state index contributed by atoms with van der Waals surface area (Å²) in [6, 6.07) is 8.01. The first-order valence-electron chi connectivity index (χ1n) is 6.81. The first-order valence-corrected chi connectivity index (χ1v) is 6.81. The minimum atomic E-state index is 0.0109. The Labute approximate surface area is 116 Å². The maximum absolute atomic E-state index is 11.8. The maximum Gasteiger partial charge on any atom is 0.238 e. The fourth-order valence-electron chi connectivity index (χ4n) is 1.84. The molecule has 0 bridgehead atoms. The van der Waals surface area contributed by atoms with Gasteiger partial charge in [-0.3, -0.25) is 9.69 Å². The summed E-state index contributed by atoms with van der Waals surface area (Å²) < 4.78 is 0. The van der Waals surface area contributed by atoms with Crippen LogP contribution in [0.2, 0.25) is 0 Å². The van der Waals surface area contributed by atoms with Crippen molar-refractivity contribution < 1.29 is 4.79 Å². The first-order chi connectivity index (χ1) is 9.02. The predicted molar refractivity (Wildman–Crippen MR) is 80.3 cm³/mol. The molecule has 1 rings (SSSR count). The van der Waals surface area contributed by atoms with Gasteiger partial charge in [-0.1, -0.05) is 26.0 Å². The minimum absolute atomic E-state index is 0.0109. The lowest BCUT2D eigenvalue weighted by atomic mass is 10.0. The van der Waals surface area contributed by atoms with Gasteiger partial charge in [-0.2, -0.15) is 0 Å². The standard InChI is InChI=1S/C15H25N3O/c1-12(2)13-5-7-14(8-6-13)17-15(19)11-18(3)10-4-9-16/h5-8,12H,4,9-11,16H2,1-3H3,(H,17,19). The third kappa shape index (κ3) is 5.85. The molecule has 0 aliphatic heterocycles. The molecule has 0 atom stereocenters. The molecular weight excluding hydrogens is 238 g/mol. The van der Waals surface area contributed by atoms with Gasteiger partial charge in [0.25, 0.3) is 0 Å². The zero-order valence-electron chi connectivity index (χ0n) is 12.1. The SMILES string of the molecule is CC(C)c1ccc(NC(=O)CN(C)CCCN)cc1. The summed E-state index contributed by atoms with van der Waals surface area (Å²) in [7, 11) is 1.93. The van der Waals surface area contributed by atoms with Crippen LogP contribution >= 0.6 is 0 Å². The Hall–Kier alpha value is -1.39. The highest BCUT2D eigenvalue weighted by molar-refractivity contribution is 5.92. The zero-order chi connectivity index (χ0) is 14.3. The number of rotatable bonds is 7. The molecule has 0 aromatic heterocycles. The number of carbonyl (C=O) groups is 1. The number of hydrogen-bond donors (Lipinski definition) is 2. The minimum Gasteiger partial charge on any atom is -0.330 e. The summed E-state index contributed by atoms with van der Waals surface area (Å²) in [6.07, 6.45) is 0.910. The van der Waals surface area contributed by atoms with Crippen LogP contribution in [0.4, 0.5) is 5.69 Å². The van der Waals surface area contributed by atoms with E-state index in [9.17, 15) is 4.79 Å². The lowest BCUT2D eigenvalue weighted by Gasteiger charge is -2.15. The van der Waals surface area contributed by atoms with Gasteiger partial charge in [0.05, 0.1) is 6.54 Å². The Morgan fingerprint density at radius 1 is 1.32 bits per heavy atom. The van der Waals surface area contributed by atoms with Gasteiger partial charge < -0.3 is 11.1 Å². The van der Waals surface area contributed by atoms with Gasteiger partial charge in [-0.25, -0.2) is 0 Å². The molecule has 1 aromatic carbocycles. The van der Waals surface area contributed by atoms with E-state index in [-0.39, 0.29) is 5.91 Å². The number of nitrogens with zero attached hydrogens (tertiary/aromatic N) is 1. The molecule has 1 amide bonds. The quantitative estimate of drug-likeness (QED) is 0.791. The highest BCUT2D eigenvalue weighted by Gasteiger charge is 2.06. The lowest BCUT2D eigenvalue weighted by molar-refractivity contribution is -0.117. The van der Waals surface area contributed by atoms with Crippen molar-refractivity contribution >= 4 is 11.6 Å². The fraction of sp³-hybridized carbons (Fsp3) is 0.533. The summed E-state index contributed by atoms with van der Waals surface area (Å²) in [5.41, 5.74) is 7.57. The number of hydrogen-bond acceptors (Lipinski definition) is 3. The monoisotopic (exact) mass is 263 g/mol. The van der Waals surface area contributed by atoms with Crippen molar-refractivity contribution in [3.8, 4) is 0 Å². The van der Waals surface area contributed by atoms with Crippen molar-refractivity contribution in [1.29, 1.82) is 0 Å². The Bertz CT molecular complexity index is 387. The Morgan fingerprint density at radius 2 is 1.95 bits per heavy atom. The number of carbonyl (C=O) groups excluding carboxylic acids is 1. The number of benzene rings is 1. The largest absolute Gasteiger partial charge is 0.330 e. The van der Waals surface area contributed by atoms with Crippen molar-refractivity contribution in [2.45, 2.75) is 26.2 Å². The van der Waals surface area contributed by atoms with Crippen molar-refractivity contribution in [3.63, 3.8) is 0 Å². The van der Waals surface area contributed by atoms with Crippen LogP contribution in [0.1, 0.15) is 31.7 Å². The second kappa shape index (κ2) is 7.92. The van der Waals surface area contributed by atoms with Gasteiger partial charge in [0.1, 0.15) is 0 Å². The van der Waals surface area contributed by atoms with Gasteiger partial charge in [0, 0.05) is 5.69 Å². The first kappa shape index (κ1) is 15.7. The third-order valence-corrected chi connectivity index (χ3v) is 3.02. The van der Waals surface area contributed by atoms with E-state index in [1.54, 1.807) is 0 Å². The van der Waals surface area contributed by atoms with Crippen LogP contribution < -0.4 is 11.1 Å². The van der Waals surface area contributed by atoms with Gasteiger partial charge >= 0.3 is 0 Å². The van der Waals surface area contributed by atoms with Crippen molar-refractivity contribution in [1.82, 2.24) is 4.90 Å². The van der Waals surface area contributed by atoms with E-state index in [0.717, 1.165) is 18.7 Å². The van der Waals surface area contributed by atoms with E-state index in [1.807, 2.05) is 24.1 Å². The number of anilines is 1. The second-order valence-electron chi connectivity index (χ2n) is 5.20. The van der Waals surface area contributed by atoms with Crippen LogP contribution in [0.3, 0.4) is 0 Å². The number of amides is 1. The van der Waals surface area contributed by atoms with Gasteiger partial charge in [0.15, 0.2) is 0 Å². The topological polar surface area (TPSA) is 58.4 Å². The summed E-state index contributed by atoms with van der Waals surface area (Å²) in [5.74, 6) is 0.518. The number of likely N-dealkylation sites (N-methyl/N-ethyl adjacent to an activating group) is 1. The molecule has 0 heterocycles. The van der Waals surface area contributed by atoms with E-state index in [4.69, 9.17) is 5.73 Å². The molecule has 1 aromatic rings. The molecular formula is C15H25N3O. The molecule has 0 fully saturated rings.